The van der Waals surface area contributed by atoms with E-state index in [0.717, 1.165) is 10.0 Å². The molecule has 2 aromatic carbocycles. The maximum Gasteiger partial charge on any atom is 0.252 e. The van der Waals surface area contributed by atoms with Gasteiger partial charge in [-0.1, -0.05) is 58.0 Å². The van der Waals surface area contributed by atoms with E-state index in [-0.39, 0.29) is 23.5 Å². The van der Waals surface area contributed by atoms with Crippen LogP contribution in [0.2, 0.25) is 0 Å². The van der Waals surface area contributed by atoms with Crippen molar-refractivity contribution in [1.82, 2.24) is 20.1 Å². The predicted octanol–water partition coefficient (Wildman–Crippen LogP) is 4.83. The molecule has 1 amide bonds. The summed E-state index contributed by atoms with van der Waals surface area (Å²) in [6, 6.07) is 14.4. The first-order chi connectivity index (χ1) is 14.4. The number of nitrogens with one attached hydrogen (secondary N) is 1. The molecular weight excluding hydrogens is 464 g/mol. The topological polar surface area (TPSA) is 76.9 Å². The number of nitrogens with zero attached hydrogens (tertiary/aromatic N) is 3. The number of aryl methyl sites for hydroxylation is 1. The van der Waals surface area contributed by atoms with E-state index in [9.17, 15) is 9.59 Å². The van der Waals surface area contributed by atoms with Gasteiger partial charge in [-0.2, -0.15) is 0 Å². The summed E-state index contributed by atoms with van der Waals surface area (Å²) >= 11 is 4.72. The van der Waals surface area contributed by atoms with E-state index >= 15 is 0 Å². The fraction of sp³-hybridized carbons (Fsp3) is 0.273. The predicted molar refractivity (Wildman–Crippen MR) is 122 cm³/mol. The zero-order valence-electron chi connectivity index (χ0n) is 17.1. The summed E-state index contributed by atoms with van der Waals surface area (Å²) in [5.74, 6) is 0.813. The van der Waals surface area contributed by atoms with Gasteiger partial charge in [0.25, 0.3) is 5.91 Å². The van der Waals surface area contributed by atoms with Gasteiger partial charge in [0.15, 0.2) is 16.8 Å². The van der Waals surface area contributed by atoms with Crippen molar-refractivity contribution in [3.8, 4) is 0 Å². The van der Waals surface area contributed by atoms with Gasteiger partial charge < -0.3 is 9.88 Å². The fourth-order valence-electron chi connectivity index (χ4n) is 3.04. The number of hydrogen-bond acceptors (Lipinski definition) is 5. The zero-order chi connectivity index (χ0) is 21.7. The molecule has 8 heteroatoms. The molecule has 3 aromatic rings. The van der Waals surface area contributed by atoms with Gasteiger partial charge in [0.1, 0.15) is 0 Å². The molecule has 1 atom stereocenters. The number of rotatable bonds is 8. The van der Waals surface area contributed by atoms with E-state index in [1.807, 2.05) is 55.7 Å². The normalized spacial score (nSPS) is 11.9. The molecule has 156 valence electrons. The van der Waals surface area contributed by atoms with Crippen LogP contribution >= 0.6 is 27.7 Å². The molecule has 0 aliphatic heterocycles. The molecule has 0 fully saturated rings. The molecule has 0 aliphatic carbocycles. The Morgan fingerprint density at radius 2 is 1.83 bits per heavy atom. The molecule has 0 bridgehead atoms. The monoisotopic (exact) mass is 486 g/mol. The third-order valence-corrected chi connectivity index (χ3v) is 6.18. The maximum atomic E-state index is 12.6. The first kappa shape index (κ1) is 22.2. The lowest BCUT2D eigenvalue weighted by Gasteiger charge is -2.16. The summed E-state index contributed by atoms with van der Waals surface area (Å²) < 4.78 is 2.87. The minimum Gasteiger partial charge on any atom is -0.342 e. The van der Waals surface area contributed by atoms with Crippen molar-refractivity contribution in [3.63, 3.8) is 0 Å². The molecular formula is C22H23BrN4O2S. The van der Waals surface area contributed by atoms with Crippen molar-refractivity contribution in [2.45, 2.75) is 38.5 Å². The third kappa shape index (κ3) is 5.17. The summed E-state index contributed by atoms with van der Waals surface area (Å²) in [4.78, 5) is 25.1. The molecule has 0 aliphatic rings. The molecule has 0 unspecified atom stereocenters. The van der Waals surface area contributed by atoms with E-state index < -0.39 is 0 Å². The Morgan fingerprint density at radius 1 is 1.13 bits per heavy atom. The van der Waals surface area contributed by atoms with Crippen LogP contribution in [-0.4, -0.2) is 32.2 Å². The van der Waals surface area contributed by atoms with Gasteiger partial charge >= 0.3 is 0 Å². The zero-order valence-corrected chi connectivity index (χ0v) is 19.5. The average molecular weight is 487 g/mol. The first-order valence-corrected chi connectivity index (χ1v) is 11.4. The van der Waals surface area contributed by atoms with Crippen molar-refractivity contribution in [3.05, 3.63) is 75.5 Å². The minimum atomic E-state index is -0.318. The lowest BCUT2D eigenvalue weighted by Crippen LogP contribution is -2.29. The van der Waals surface area contributed by atoms with Crippen molar-refractivity contribution in [2.75, 3.05) is 5.75 Å². The van der Waals surface area contributed by atoms with Gasteiger partial charge in [-0.05, 0) is 44.5 Å². The van der Waals surface area contributed by atoms with Crippen LogP contribution in [0.15, 0.2) is 58.2 Å². The van der Waals surface area contributed by atoms with Gasteiger partial charge in [-0.15, -0.1) is 10.2 Å². The molecule has 0 saturated heterocycles. The van der Waals surface area contributed by atoms with E-state index in [1.54, 1.807) is 18.2 Å². The van der Waals surface area contributed by atoms with Crippen molar-refractivity contribution in [2.24, 2.45) is 0 Å². The molecule has 6 nitrogen and oxygen atoms in total. The molecule has 0 spiro atoms. The smallest absolute Gasteiger partial charge is 0.252 e. The SMILES string of the molecule is CCn1c(SCC(=O)c2ccc(Br)cc2)nnc1[C@@H](C)NC(=O)c1ccccc1C. The van der Waals surface area contributed by atoms with Crippen LogP contribution in [0.4, 0.5) is 0 Å². The Morgan fingerprint density at radius 3 is 2.50 bits per heavy atom. The van der Waals surface area contributed by atoms with Gasteiger partial charge in [0.05, 0.1) is 11.8 Å². The molecule has 1 N–H and O–H groups in total. The van der Waals surface area contributed by atoms with Gasteiger partial charge in [0, 0.05) is 22.1 Å². The van der Waals surface area contributed by atoms with Crippen LogP contribution in [0.1, 0.15) is 52.0 Å². The fourth-order valence-corrected chi connectivity index (χ4v) is 4.21. The van der Waals surface area contributed by atoms with Crippen molar-refractivity contribution in [1.29, 1.82) is 0 Å². The number of thioether (sulfide) groups is 1. The Labute approximate surface area is 188 Å². The second kappa shape index (κ2) is 10.0. The number of ketones is 1. The summed E-state index contributed by atoms with van der Waals surface area (Å²) in [5, 5.41) is 12.2. The second-order valence-electron chi connectivity index (χ2n) is 6.81. The highest BCUT2D eigenvalue weighted by Crippen LogP contribution is 2.22. The van der Waals surface area contributed by atoms with Crippen LogP contribution in [0.25, 0.3) is 0 Å². The summed E-state index contributed by atoms with van der Waals surface area (Å²) in [7, 11) is 0. The third-order valence-electron chi connectivity index (χ3n) is 4.68. The highest BCUT2D eigenvalue weighted by atomic mass is 79.9. The number of carbonyl (C=O) groups is 2. The van der Waals surface area contributed by atoms with E-state index in [4.69, 9.17) is 0 Å². The standard InChI is InChI=1S/C22H23BrN4O2S/c1-4-27-20(15(3)24-21(29)18-8-6-5-7-14(18)2)25-26-22(27)30-13-19(28)16-9-11-17(23)12-10-16/h5-12,15H,4,13H2,1-3H3,(H,24,29)/t15-/m1/s1. The molecule has 30 heavy (non-hydrogen) atoms. The maximum absolute atomic E-state index is 12.6. The quantitative estimate of drug-likeness (QED) is 0.364. The van der Waals surface area contributed by atoms with Gasteiger partial charge in [-0.25, -0.2) is 0 Å². The number of Topliss-reactive ketones (excluding diaryl/α,β-unsaturated/α-hetero) is 1. The Hall–Kier alpha value is -2.45. The number of aromatic nitrogens is 3. The first-order valence-electron chi connectivity index (χ1n) is 9.61. The molecule has 1 heterocycles. The number of halogens is 1. The lowest BCUT2D eigenvalue weighted by atomic mass is 10.1. The molecule has 3 rings (SSSR count). The molecule has 0 radical (unpaired) electrons. The number of carbonyl (C=O) groups excluding carboxylic acids is 2. The Kier molecular flexibility index (Phi) is 7.44. The number of benzene rings is 2. The summed E-state index contributed by atoms with van der Waals surface area (Å²) in [6.45, 7) is 6.42. The van der Waals surface area contributed by atoms with Crippen LogP contribution < -0.4 is 5.32 Å². The van der Waals surface area contributed by atoms with Gasteiger partial charge in [0.2, 0.25) is 0 Å². The van der Waals surface area contributed by atoms with Crippen LogP contribution in [-0.2, 0) is 6.54 Å². The minimum absolute atomic E-state index is 0.0283. The molecule has 0 saturated carbocycles. The highest BCUT2D eigenvalue weighted by Gasteiger charge is 2.21. The van der Waals surface area contributed by atoms with Crippen LogP contribution in [0.3, 0.4) is 0 Å². The Bertz CT molecular complexity index is 1050. The number of hydrogen-bond donors (Lipinski definition) is 1. The van der Waals surface area contributed by atoms with Crippen molar-refractivity contribution < 1.29 is 9.59 Å². The van der Waals surface area contributed by atoms with E-state index in [1.165, 1.54) is 11.8 Å². The summed E-state index contributed by atoms with van der Waals surface area (Å²) in [5.41, 5.74) is 2.22. The summed E-state index contributed by atoms with van der Waals surface area (Å²) in [6.07, 6.45) is 0. The number of amides is 1. The van der Waals surface area contributed by atoms with Crippen molar-refractivity contribution >= 4 is 39.4 Å². The van der Waals surface area contributed by atoms with E-state index in [2.05, 4.69) is 31.4 Å². The van der Waals surface area contributed by atoms with E-state index in [0.29, 0.717) is 28.7 Å². The van der Waals surface area contributed by atoms with Gasteiger partial charge in [-0.3, -0.25) is 9.59 Å². The second-order valence-corrected chi connectivity index (χ2v) is 8.67. The largest absolute Gasteiger partial charge is 0.342 e. The Balaban J connectivity index is 1.68. The lowest BCUT2D eigenvalue weighted by molar-refractivity contribution is 0.0936. The highest BCUT2D eigenvalue weighted by molar-refractivity contribution is 9.10. The molecule has 1 aromatic heterocycles. The van der Waals surface area contributed by atoms with Crippen LogP contribution in [0.5, 0.6) is 0 Å². The van der Waals surface area contributed by atoms with Crippen LogP contribution in [0, 0.1) is 6.92 Å². The average Bonchev–Trinajstić information content (AvgIpc) is 3.15.